The molecule has 0 saturated carbocycles. The van der Waals surface area contributed by atoms with Crippen molar-refractivity contribution >= 4 is 23.7 Å². The summed E-state index contributed by atoms with van der Waals surface area (Å²) in [4.78, 5) is 52.3. The first kappa shape index (κ1) is 23.3. The lowest BCUT2D eigenvalue weighted by Crippen LogP contribution is -2.48. The Balaban J connectivity index is 1.41. The summed E-state index contributed by atoms with van der Waals surface area (Å²) in [5.41, 5.74) is 1.30. The van der Waals surface area contributed by atoms with Gasteiger partial charge in [-0.2, -0.15) is 0 Å². The molecule has 2 aliphatic heterocycles. The lowest BCUT2D eigenvalue weighted by molar-refractivity contribution is -0.159. The SMILES string of the molecule is CC(C)CC(C(=O)OC(C)C(=O)NCc1ccc2c(c1)OCO2)N1C(=O)c2ccccc2C1=O. The Morgan fingerprint density at radius 3 is 2.29 bits per heavy atom. The Morgan fingerprint density at radius 1 is 1.00 bits per heavy atom. The third-order valence-electron chi connectivity index (χ3n) is 5.67. The van der Waals surface area contributed by atoms with Crippen LogP contribution in [0.3, 0.4) is 0 Å². The van der Waals surface area contributed by atoms with E-state index in [9.17, 15) is 19.2 Å². The molecule has 0 spiro atoms. The zero-order chi connectivity index (χ0) is 24.4. The number of nitrogens with one attached hydrogen (secondary N) is 1. The van der Waals surface area contributed by atoms with E-state index < -0.39 is 35.8 Å². The summed E-state index contributed by atoms with van der Waals surface area (Å²) in [5, 5.41) is 2.72. The summed E-state index contributed by atoms with van der Waals surface area (Å²) < 4.78 is 16.0. The highest BCUT2D eigenvalue weighted by Gasteiger charge is 2.44. The third kappa shape index (κ3) is 4.59. The summed E-state index contributed by atoms with van der Waals surface area (Å²) in [6, 6.07) is 10.6. The number of hydrogen-bond acceptors (Lipinski definition) is 7. The number of carbonyl (C=O) groups is 4. The van der Waals surface area contributed by atoms with Crippen LogP contribution in [0.2, 0.25) is 0 Å². The smallest absolute Gasteiger partial charge is 0.330 e. The van der Waals surface area contributed by atoms with Crippen LogP contribution in [-0.4, -0.2) is 47.5 Å². The molecule has 0 aliphatic carbocycles. The van der Waals surface area contributed by atoms with Gasteiger partial charge in [0, 0.05) is 6.54 Å². The van der Waals surface area contributed by atoms with E-state index in [1.807, 2.05) is 13.8 Å². The predicted molar refractivity (Wildman–Crippen MR) is 120 cm³/mol. The second-order valence-corrected chi connectivity index (χ2v) is 8.66. The van der Waals surface area contributed by atoms with Gasteiger partial charge < -0.3 is 19.5 Å². The Hall–Kier alpha value is -3.88. The van der Waals surface area contributed by atoms with Crippen LogP contribution < -0.4 is 14.8 Å². The van der Waals surface area contributed by atoms with E-state index in [0.717, 1.165) is 10.5 Å². The molecule has 2 unspecified atom stereocenters. The zero-order valence-corrected chi connectivity index (χ0v) is 19.2. The molecule has 0 bridgehead atoms. The van der Waals surface area contributed by atoms with Crippen molar-refractivity contribution < 1.29 is 33.4 Å². The van der Waals surface area contributed by atoms with Crippen molar-refractivity contribution in [1.29, 1.82) is 0 Å². The molecule has 178 valence electrons. The van der Waals surface area contributed by atoms with Gasteiger partial charge in [-0.1, -0.05) is 32.0 Å². The maximum Gasteiger partial charge on any atom is 0.330 e. The second-order valence-electron chi connectivity index (χ2n) is 8.66. The van der Waals surface area contributed by atoms with E-state index in [-0.39, 0.29) is 36.8 Å². The molecule has 0 aromatic heterocycles. The molecule has 9 nitrogen and oxygen atoms in total. The summed E-state index contributed by atoms with van der Waals surface area (Å²) in [5.74, 6) is -1.14. The van der Waals surface area contributed by atoms with Crippen LogP contribution in [0.25, 0.3) is 0 Å². The van der Waals surface area contributed by atoms with Gasteiger partial charge in [0.25, 0.3) is 17.7 Å². The van der Waals surface area contributed by atoms with E-state index >= 15 is 0 Å². The van der Waals surface area contributed by atoms with Gasteiger partial charge in [0.15, 0.2) is 17.6 Å². The molecular weight excluding hydrogens is 440 g/mol. The molecule has 9 heteroatoms. The van der Waals surface area contributed by atoms with Crippen molar-refractivity contribution in [1.82, 2.24) is 10.2 Å². The first-order valence-electron chi connectivity index (χ1n) is 11.1. The van der Waals surface area contributed by atoms with Crippen LogP contribution in [0, 0.1) is 5.92 Å². The van der Waals surface area contributed by atoms with Crippen molar-refractivity contribution in [2.24, 2.45) is 5.92 Å². The van der Waals surface area contributed by atoms with Gasteiger partial charge in [-0.25, -0.2) is 4.79 Å². The van der Waals surface area contributed by atoms with Gasteiger partial charge in [-0.05, 0) is 49.1 Å². The highest BCUT2D eigenvalue weighted by atomic mass is 16.7. The fraction of sp³-hybridized carbons (Fsp3) is 0.360. The number of benzene rings is 2. The number of rotatable bonds is 8. The summed E-state index contributed by atoms with van der Waals surface area (Å²) in [6.07, 6.45) is -0.901. The van der Waals surface area contributed by atoms with Crippen molar-refractivity contribution in [2.75, 3.05) is 6.79 Å². The number of imide groups is 1. The van der Waals surface area contributed by atoms with Gasteiger partial charge >= 0.3 is 5.97 Å². The van der Waals surface area contributed by atoms with Crippen LogP contribution in [0.1, 0.15) is 53.5 Å². The largest absolute Gasteiger partial charge is 0.454 e. The van der Waals surface area contributed by atoms with Gasteiger partial charge in [0.2, 0.25) is 6.79 Å². The van der Waals surface area contributed by atoms with Gasteiger partial charge in [0.05, 0.1) is 11.1 Å². The van der Waals surface area contributed by atoms with Crippen molar-refractivity contribution in [3.05, 3.63) is 59.2 Å². The van der Waals surface area contributed by atoms with Crippen LogP contribution >= 0.6 is 0 Å². The number of nitrogens with zero attached hydrogens (tertiary/aromatic N) is 1. The predicted octanol–water partition coefficient (Wildman–Crippen LogP) is 2.67. The first-order valence-corrected chi connectivity index (χ1v) is 11.1. The van der Waals surface area contributed by atoms with E-state index in [1.165, 1.54) is 6.92 Å². The fourth-order valence-electron chi connectivity index (χ4n) is 3.93. The Labute approximate surface area is 197 Å². The maximum atomic E-state index is 13.0. The average molecular weight is 466 g/mol. The molecule has 0 fully saturated rings. The van der Waals surface area contributed by atoms with Crippen molar-refractivity contribution in [2.45, 2.75) is 45.9 Å². The highest BCUT2D eigenvalue weighted by Crippen LogP contribution is 2.32. The molecule has 0 radical (unpaired) electrons. The van der Waals surface area contributed by atoms with E-state index in [1.54, 1.807) is 42.5 Å². The highest BCUT2D eigenvalue weighted by molar-refractivity contribution is 6.22. The molecule has 0 saturated heterocycles. The van der Waals surface area contributed by atoms with Gasteiger partial charge in [-0.15, -0.1) is 0 Å². The van der Waals surface area contributed by atoms with Crippen molar-refractivity contribution in [3.8, 4) is 11.5 Å². The zero-order valence-electron chi connectivity index (χ0n) is 19.2. The summed E-state index contributed by atoms with van der Waals surface area (Å²) in [6.45, 7) is 5.55. The van der Waals surface area contributed by atoms with Crippen LogP contribution in [0.4, 0.5) is 0 Å². The minimum Gasteiger partial charge on any atom is -0.454 e. The lowest BCUT2D eigenvalue weighted by atomic mass is 10.0. The molecule has 3 amide bonds. The molecule has 2 atom stereocenters. The van der Waals surface area contributed by atoms with E-state index in [0.29, 0.717) is 11.5 Å². The number of hydrogen-bond donors (Lipinski definition) is 1. The molecule has 2 aliphatic rings. The normalized spacial score (nSPS) is 15.8. The van der Waals surface area contributed by atoms with Crippen LogP contribution in [-0.2, 0) is 20.9 Å². The Kier molecular flexibility index (Phi) is 6.54. The Bertz CT molecular complexity index is 1110. The van der Waals surface area contributed by atoms with Crippen molar-refractivity contribution in [3.63, 3.8) is 0 Å². The standard InChI is InChI=1S/C25H26N2O7/c1-14(2)10-19(27-23(29)17-6-4-5-7-18(17)24(27)30)25(31)34-15(3)22(28)26-12-16-8-9-20-21(11-16)33-13-32-20/h4-9,11,14-15,19H,10,12-13H2,1-3H3,(H,26,28). The molecule has 2 aromatic carbocycles. The fourth-order valence-corrected chi connectivity index (χ4v) is 3.93. The van der Waals surface area contributed by atoms with E-state index in [2.05, 4.69) is 5.32 Å². The first-order chi connectivity index (χ1) is 16.3. The second kappa shape index (κ2) is 9.54. The lowest BCUT2D eigenvalue weighted by Gasteiger charge is -2.27. The minimum atomic E-state index is -1.13. The molecule has 2 heterocycles. The molecule has 2 aromatic rings. The van der Waals surface area contributed by atoms with Crippen LogP contribution in [0.5, 0.6) is 11.5 Å². The Morgan fingerprint density at radius 2 is 1.65 bits per heavy atom. The quantitative estimate of drug-likeness (QED) is 0.470. The maximum absolute atomic E-state index is 13.0. The number of fused-ring (bicyclic) bond motifs is 2. The molecule has 4 rings (SSSR count). The number of amides is 3. The summed E-state index contributed by atoms with van der Waals surface area (Å²) in [7, 11) is 0. The number of esters is 1. The van der Waals surface area contributed by atoms with E-state index in [4.69, 9.17) is 14.2 Å². The topological polar surface area (TPSA) is 111 Å². The molecule has 34 heavy (non-hydrogen) atoms. The number of ether oxygens (including phenoxy) is 3. The molecule has 1 N–H and O–H groups in total. The minimum absolute atomic E-state index is 0.00278. The summed E-state index contributed by atoms with van der Waals surface area (Å²) >= 11 is 0. The van der Waals surface area contributed by atoms with Gasteiger partial charge in [0.1, 0.15) is 6.04 Å². The monoisotopic (exact) mass is 466 g/mol. The third-order valence-corrected chi connectivity index (χ3v) is 5.67. The van der Waals surface area contributed by atoms with Gasteiger partial charge in [-0.3, -0.25) is 19.3 Å². The average Bonchev–Trinajstić information content (AvgIpc) is 3.38. The van der Waals surface area contributed by atoms with Crippen LogP contribution in [0.15, 0.2) is 42.5 Å². The number of carbonyl (C=O) groups excluding carboxylic acids is 4. The molecular formula is C25H26N2O7.